The van der Waals surface area contributed by atoms with Gasteiger partial charge in [0.15, 0.2) is 0 Å². The van der Waals surface area contributed by atoms with Crippen molar-refractivity contribution in [3.8, 4) is 0 Å². The van der Waals surface area contributed by atoms with Gasteiger partial charge < -0.3 is 16.0 Å². The number of anilines is 2. The van der Waals surface area contributed by atoms with Crippen molar-refractivity contribution < 1.29 is 9.59 Å². The third kappa shape index (κ3) is 5.87. The molecule has 0 bridgehead atoms. The molecule has 30 heavy (non-hydrogen) atoms. The fraction of sp³-hybridized carbons (Fsp3) is 0.450. The number of hydrogen-bond donors (Lipinski definition) is 4. The van der Waals surface area contributed by atoms with Crippen LogP contribution in [0.4, 0.5) is 11.4 Å². The van der Waals surface area contributed by atoms with Gasteiger partial charge >= 0.3 is 0 Å². The molecule has 2 heterocycles. The Morgan fingerprint density at radius 3 is 2.53 bits per heavy atom. The van der Waals surface area contributed by atoms with Crippen LogP contribution in [0, 0.1) is 0 Å². The minimum absolute atomic E-state index is 0.0268. The molecular formula is C20H26Cl2N6O2. The molecule has 2 amide bonds. The van der Waals surface area contributed by atoms with Crippen molar-refractivity contribution in [3.05, 3.63) is 40.1 Å². The third-order valence-corrected chi connectivity index (χ3v) is 5.46. The topological polar surface area (TPSA) is 102 Å². The van der Waals surface area contributed by atoms with Gasteiger partial charge in [0.05, 0.1) is 34.2 Å². The molecule has 1 aliphatic heterocycles. The van der Waals surface area contributed by atoms with Gasteiger partial charge in [-0.05, 0) is 38.8 Å². The highest BCUT2D eigenvalue weighted by Crippen LogP contribution is 2.33. The van der Waals surface area contributed by atoms with Crippen LogP contribution in [0.25, 0.3) is 0 Å². The van der Waals surface area contributed by atoms with Gasteiger partial charge in [0.25, 0.3) is 5.91 Å². The smallest absolute Gasteiger partial charge is 0.271 e. The first kappa shape index (κ1) is 22.4. The van der Waals surface area contributed by atoms with E-state index < -0.39 is 0 Å². The second-order valence-corrected chi connectivity index (χ2v) is 8.44. The lowest BCUT2D eigenvalue weighted by Gasteiger charge is -2.32. The average molecular weight is 453 g/mol. The van der Waals surface area contributed by atoms with E-state index in [1.54, 1.807) is 18.2 Å². The van der Waals surface area contributed by atoms with Gasteiger partial charge in [-0.1, -0.05) is 29.3 Å². The fourth-order valence-electron chi connectivity index (χ4n) is 3.37. The van der Waals surface area contributed by atoms with Gasteiger partial charge in [0, 0.05) is 25.2 Å². The van der Waals surface area contributed by atoms with Crippen molar-refractivity contribution in [1.82, 2.24) is 25.7 Å². The van der Waals surface area contributed by atoms with Crippen LogP contribution < -0.4 is 16.0 Å². The van der Waals surface area contributed by atoms with Crippen LogP contribution in [-0.2, 0) is 4.79 Å². The molecule has 0 saturated carbocycles. The van der Waals surface area contributed by atoms with Crippen molar-refractivity contribution in [2.75, 3.05) is 25.0 Å². The van der Waals surface area contributed by atoms with E-state index in [4.69, 9.17) is 23.2 Å². The normalized spacial score (nSPS) is 15.2. The minimum Gasteiger partial charge on any atom is -0.353 e. The van der Waals surface area contributed by atoms with E-state index in [1.807, 2.05) is 13.8 Å². The highest BCUT2D eigenvalue weighted by Gasteiger charge is 2.24. The number of carbonyl (C=O) groups excluding carboxylic acids is 2. The molecule has 10 heteroatoms. The zero-order valence-electron chi connectivity index (χ0n) is 17.0. The Morgan fingerprint density at radius 2 is 1.90 bits per heavy atom. The van der Waals surface area contributed by atoms with Crippen LogP contribution in [-0.4, -0.2) is 58.6 Å². The second kappa shape index (κ2) is 10.1. The number of amides is 2. The van der Waals surface area contributed by atoms with Crippen molar-refractivity contribution in [2.45, 2.75) is 38.8 Å². The number of H-pyrrole nitrogens is 1. The highest BCUT2D eigenvalue weighted by molar-refractivity contribution is 6.39. The molecule has 0 aliphatic carbocycles. The maximum absolute atomic E-state index is 12.8. The Hall–Kier alpha value is -2.29. The number of nitrogens with one attached hydrogen (secondary N) is 4. The lowest BCUT2D eigenvalue weighted by molar-refractivity contribution is -0.123. The summed E-state index contributed by atoms with van der Waals surface area (Å²) < 4.78 is 0. The van der Waals surface area contributed by atoms with Gasteiger partial charge in [0.2, 0.25) is 5.91 Å². The quantitative estimate of drug-likeness (QED) is 0.516. The van der Waals surface area contributed by atoms with E-state index in [-0.39, 0.29) is 23.9 Å². The van der Waals surface area contributed by atoms with Crippen molar-refractivity contribution in [1.29, 1.82) is 0 Å². The summed E-state index contributed by atoms with van der Waals surface area (Å²) in [6.45, 7) is 5.77. The predicted octanol–water partition coefficient (Wildman–Crippen LogP) is 3.18. The first-order chi connectivity index (χ1) is 14.3. The summed E-state index contributed by atoms with van der Waals surface area (Å²) in [4.78, 5) is 26.8. The molecule has 0 spiro atoms. The van der Waals surface area contributed by atoms with Gasteiger partial charge in [-0.2, -0.15) is 5.10 Å². The number of rotatable bonds is 7. The first-order valence-corrected chi connectivity index (χ1v) is 10.7. The molecule has 4 N–H and O–H groups in total. The Balaban J connectivity index is 1.54. The molecule has 8 nitrogen and oxygen atoms in total. The Kier molecular flexibility index (Phi) is 7.58. The average Bonchev–Trinajstić information content (AvgIpc) is 3.14. The maximum atomic E-state index is 12.8. The molecule has 1 saturated heterocycles. The summed E-state index contributed by atoms with van der Waals surface area (Å²) in [6.07, 6.45) is 3.06. The Morgan fingerprint density at radius 1 is 1.23 bits per heavy atom. The number of nitrogens with zero attached hydrogens (tertiary/aromatic N) is 2. The molecule has 1 fully saturated rings. The summed E-state index contributed by atoms with van der Waals surface area (Å²) in [7, 11) is 0. The summed E-state index contributed by atoms with van der Waals surface area (Å²) in [5.41, 5.74) is 1.32. The van der Waals surface area contributed by atoms with Crippen LogP contribution >= 0.6 is 23.2 Å². The Labute approximate surface area is 185 Å². The van der Waals surface area contributed by atoms with E-state index in [0.29, 0.717) is 33.7 Å². The van der Waals surface area contributed by atoms with Crippen molar-refractivity contribution in [2.24, 2.45) is 0 Å². The van der Waals surface area contributed by atoms with Crippen molar-refractivity contribution in [3.63, 3.8) is 0 Å². The van der Waals surface area contributed by atoms with E-state index in [1.165, 1.54) is 6.20 Å². The molecular weight excluding hydrogens is 427 g/mol. The first-order valence-electron chi connectivity index (χ1n) is 9.90. The van der Waals surface area contributed by atoms with Gasteiger partial charge in [-0.15, -0.1) is 0 Å². The van der Waals surface area contributed by atoms with Gasteiger partial charge in [0.1, 0.15) is 5.69 Å². The van der Waals surface area contributed by atoms with Gasteiger partial charge in [-0.25, -0.2) is 0 Å². The lowest BCUT2D eigenvalue weighted by Crippen LogP contribution is -2.48. The highest BCUT2D eigenvalue weighted by atomic mass is 35.5. The molecule has 2 aromatic rings. The SMILES string of the molecule is CC(C)NC(=O)CN1CCC(NC(=O)c2[nH]ncc2Nc2c(Cl)cccc2Cl)CC1. The predicted molar refractivity (Wildman–Crippen MR) is 119 cm³/mol. The number of aromatic nitrogens is 2. The van der Waals surface area contributed by atoms with E-state index in [0.717, 1.165) is 25.9 Å². The number of benzene rings is 1. The number of para-hydroxylation sites is 1. The van der Waals surface area contributed by atoms with Crippen molar-refractivity contribution >= 4 is 46.4 Å². The second-order valence-electron chi connectivity index (χ2n) is 7.63. The number of hydrogen-bond acceptors (Lipinski definition) is 5. The number of carbonyl (C=O) groups is 2. The molecule has 1 aliphatic rings. The molecule has 1 aromatic carbocycles. The molecule has 0 atom stereocenters. The van der Waals surface area contributed by atoms with Gasteiger partial charge in [-0.3, -0.25) is 19.6 Å². The van der Waals surface area contributed by atoms with E-state index in [9.17, 15) is 9.59 Å². The van der Waals surface area contributed by atoms with Crippen LogP contribution in [0.5, 0.6) is 0 Å². The lowest BCUT2D eigenvalue weighted by atomic mass is 10.0. The summed E-state index contributed by atoms with van der Waals surface area (Å²) >= 11 is 12.4. The fourth-order valence-corrected chi connectivity index (χ4v) is 3.86. The summed E-state index contributed by atoms with van der Waals surface area (Å²) in [6, 6.07) is 5.34. The zero-order valence-corrected chi connectivity index (χ0v) is 18.5. The zero-order chi connectivity index (χ0) is 21.7. The Bertz CT molecular complexity index is 873. The summed E-state index contributed by atoms with van der Waals surface area (Å²) in [5.74, 6) is -0.229. The molecule has 0 unspecified atom stereocenters. The van der Waals surface area contributed by atoms with Crippen LogP contribution in [0.2, 0.25) is 10.0 Å². The van der Waals surface area contributed by atoms with E-state index >= 15 is 0 Å². The molecule has 162 valence electrons. The monoisotopic (exact) mass is 452 g/mol. The van der Waals surface area contributed by atoms with Crippen LogP contribution in [0.1, 0.15) is 37.2 Å². The van der Waals surface area contributed by atoms with Crippen LogP contribution in [0.3, 0.4) is 0 Å². The number of halogens is 2. The summed E-state index contributed by atoms with van der Waals surface area (Å²) in [5, 5.41) is 16.6. The minimum atomic E-state index is -0.255. The standard InChI is InChI=1S/C20H26Cl2N6O2/c1-12(2)24-17(29)11-28-8-6-13(7-9-28)25-20(30)19-16(10-23-27-19)26-18-14(21)4-3-5-15(18)22/h3-5,10,12-13,26H,6-9,11H2,1-2H3,(H,23,27)(H,24,29)(H,25,30). The van der Waals surface area contributed by atoms with E-state index in [2.05, 4.69) is 31.0 Å². The number of piperidine rings is 1. The largest absolute Gasteiger partial charge is 0.353 e. The molecule has 1 aromatic heterocycles. The maximum Gasteiger partial charge on any atom is 0.271 e. The number of likely N-dealkylation sites (tertiary alicyclic amines) is 1. The van der Waals surface area contributed by atoms with Crippen LogP contribution in [0.15, 0.2) is 24.4 Å². The molecule has 3 rings (SSSR count). The third-order valence-electron chi connectivity index (χ3n) is 4.83. The number of aromatic amines is 1. The molecule has 0 radical (unpaired) electrons.